The number of pyridine rings is 1. The molecule has 2 rings (SSSR count). The van der Waals surface area contributed by atoms with Crippen LogP contribution < -0.4 is 5.73 Å². The molecule has 0 bridgehead atoms. The molecule has 2 aromatic rings. The molecule has 0 aromatic carbocycles. The lowest BCUT2D eigenvalue weighted by Crippen LogP contribution is -1.88. The standard InChI is InChI=1S/C8H7N3O/c9-8-5-6(1-3-10-8)7-2-4-11-12-7/h1-5H,(H2,9,10). The Morgan fingerprint density at radius 2 is 2.17 bits per heavy atom. The second kappa shape index (κ2) is 2.65. The molecule has 0 amide bonds. The van der Waals surface area contributed by atoms with Crippen molar-refractivity contribution in [2.75, 3.05) is 5.73 Å². The van der Waals surface area contributed by atoms with Gasteiger partial charge in [-0.1, -0.05) is 5.16 Å². The second-order valence-corrected chi connectivity index (χ2v) is 2.35. The van der Waals surface area contributed by atoms with Crippen LogP contribution in [0.4, 0.5) is 5.82 Å². The van der Waals surface area contributed by atoms with E-state index in [-0.39, 0.29) is 0 Å². The summed E-state index contributed by atoms with van der Waals surface area (Å²) in [6.07, 6.45) is 3.22. The fourth-order valence-corrected chi connectivity index (χ4v) is 0.966. The molecule has 0 radical (unpaired) electrons. The summed E-state index contributed by atoms with van der Waals surface area (Å²) in [4.78, 5) is 3.87. The SMILES string of the molecule is Nc1cc(-c2ccno2)ccn1. The fourth-order valence-electron chi connectivity index (χ4n) is 0.966. The highest BCUT2D eigenvalue weighted by atomic mass is 16.5. The number of aromatic nitrogens is 2. The summed E-state index contributed by atoms with van der Waals surface area (Å²) in [5.41, 5.74) is 6.38. The van der Waals surface area contributed by atoms with Crippen LogP contribution in [0.5, 0.6) is 0 Å². The van der Waals surface area contributed by atoms with Crippen LogP contribution in [-0.2, 0) is 0 Å². The Morgan fingerprint density at radius 1 is 1.25 bits per heavy atom. The molecule has 4 nitrogen and oxygen atoms in total. The molecule has 12 heavy (non-hydrogen) atoms. The van der Waals surface area contributed by atoms with Gasteiger partial charge in [-0.2, -0.15) is 0 Å². The highest BCUT2D eigenvalue weighted by Gasteiger charge is 2.00. The number of nitrogens with two attached hydrogens (primary N) is 1. The van der Waals surface area contributed by atoms with Crippen molar-refractivity contribution >= 4 is 5.82 Å². The number of nitrogen functional groups attached to an aromatic ring is 1. The first-order chi connectivity index (χ1) is 5.86. The molecule has 0 fully saturated rings. The van der Waals surface area contributed by atoms with Crippen molar-refractivity contribution in [1.82, 2.24) is 10.1 Å². The molecule has 2 heterocycles. The molecule has 0 saturated heterocycles. The lowest BCUT2D eigenvalue weighted by Gasteiger charge is -1.94. The van der Waals surface area contributed by atoms with E-state index < -0.39 is 0 Å². The number of nitrogens with zero attached hydrogens (tertiary/aromatic N) is 2. The second-order valence-electron chi connectivity index (χ2n) is 2.35. The molecule has 0 aliphatic heterocycles. The van der Waals surface area contributed by atoms with Gasteiger partial charge in [-0.05, 0) is 12.1 Å². The Kier molecular flexibility index (Phi) is 1.51. The predicted molar refractivity (Wildman–Crippen MR) is 44.1 cm³/mol. The molecule has 2 aromatic heterocycles. The van der Waals surface area contributed by atoms with Gasteiger partial charge in [-0.3, -0.25) is 0 Å². The first kappa shape index (κ1) is 6.84. The molecule has 0 saturated carbocycles. The largest absolute Gasteiger partial charge is 0.384 e. The summed E-state index contributed by atoms with van der Waals surface area (Å²) in [5, 5.41) is 3.59. The number of hydrogen-bond acceptors (Lipinski definition) is 4. The summed E-state index contributed by atoms with van der Waals surface area (Å²) in [6, 6.07) is 5.33. The van der Waals surface area contributed by atoms with E-state index in [1.165, 1.54) is 0 Å². The Morgan fingerprint density at radius 3 is 2.83 bits per heavy atom. The van der Waals surface area contributed by atoms with Crippen molar-refractivity contribution in [2.24, 2.45) is 0 Å². The van der Waals surface area contributed by atoms with E-state index in [1.807, 2.05) is 6.07 Å². The summed E-state index contributed by atoms with van der Waals surface area (Å²) >= 11 is 0. The van der Waals surface area contributed by atoms with Gasteiger partial charge in [0.2, 0.25) is 0 Å². The van der Waals surface area contributed by atoms with Crippen LogP contribution in [0.3, 0.4) is 0 Å². The first-order valence-electron chi connectivity index (χ1n) is 3.49. The van der Waals surface area contributed by atoms with Crippen LogP contribution in [0.2, 0.25) is 0 Å². The number of hydrogen-bond donors (Lipinski definition) is 1. The predicted octanol–water partition coefficient (Wildman–Crippen LogP) is 1.32. The molecule has 0 aliphatic carbocycles. The maximum Gasteiger partial charge on any atom is 0.167 e. The topological polar surface area (TPSA) is 64.9 Å². The molecule has 60 valence electrons. The van der Waals surface area contributed by atoms with E-state index in [9.17, 15) is 0 Å². The van der Waals surface area contributed by atoms with E-state index in [4.69, 9.17) is 10.3 Å². The average molecular weight is 161 g/mol. The third kappa shape index (κ3) is 1.14. The Bertz CT molecular complexity index is 370. The summed E-state index contributed by atoms with van der Waals surface area (Å²) in [6.45, 7) is 0. The Balaban J connectivity index is 2.48. The number of anilines is 1. The maximum absolute atomic E-state index is 5.49. The summed E-state index contributed by atoms with van der Waals surface area (Å²) in [5.74, 6) is 1.17. The third-order valence-electron chi connectivity index (χ3n) is 1.50. The zero-order valence-electron chi connectivity index (χ0n) is 6.27. The molecule has 0 unspecified atom stereocenters. The van der Waals surface area contributed by atoms with Crippen LogP contribution >= 0.6 is 0 Å². The molecular formula is C8H7N3O. The lowest BCUT2D eigenvalue weighted by atomic mass is 10.2. The highest BCUT2D eigenvalue weighted by Crippen LogP contribution is 2.18. The van der Waals surface area contributed by atoms with Crippen molar-refractivity contribution in [3.05, 3.63) is 30.6 Å². The molecule has 0 aliphatic rings. The van der Waals surface area contributed by atoms with Crippen LogP contribution in [0, 0.1) is 0 Å². The molecule has 4 heteroatoms. The fraction of sp³-hybridized carbons (Fsp3) is 0. The Hall–Kier alpha value is -1.84. The minimum Gasteiger partial charge on any atom is -0.384 e. The first-order valence-corrected chi connectivity index (χ1v) is 3.49. The van der Waals surface area contributed by atoms with Gasteiger partial charge in [0, 0.05) is 17.8 Å². The van der Waals surface area contributed by atoms with E-state index >= 15 is 0 Å². The van der Waals surface area contributed by atoms with Crippen molar-refractivity contribution in [3.63, 3.8) is 0 Å². The van der Waals surface area contributed by atoms with Gasteiger partial charge in [0.1, 0.15) is 5.82 Å². The summed E-state index contributed by atoms with van der Waals surface area (Å²) < 4.78 is 4.94. The molecular weight excluding hydrogens is 154 g/mol. The monoisotopic (exact) mass is 161 g/mol. The lowest BCUT2D eigenvalue weighted by molar-refractivity contribution is 0.432. The van der Waals surface area contributed by atoms with Crippen LogP contribution in [0.25, 0.3) is 11.3 Å². The van der Waals surface area contributed by atoms with Crippen molar-refractivity contribution in [2.45, 2.75) is 0 Å². The molecule has 0 spiro atoms. The van der Waals surface area contributed by atoms with Gasteiger partial charge < -0.3 is 10.3 Å². The van der Waals surface area contributed by atoms with E-state index in [1.54, 1.807) is 24.5 Å². The quantitative estimate of drug-likeness (QED) is 0.685. The highest BCUT2D eigenvalue weighted by molar-refractivity contribution is 5.59. The maximum atomic E-state index is 5.49. The van der Waals surface area contributed by atoms with Crippen LogP contribution in [0.1, 0.15) is 0 Å². The van der Waals surface area contributed by atoms with Crippen molar-refractivity contribution < 1.29 is 4.52 Å². The molecule has 2 N–H and O–H groups in total. The van der Waals surface area contributed by atoms with Crippen molar-refractivity contribution in [3.8, 4) is 11.3 Å². The number of rotatable bonds is 1. The van der Waals surface area contributed by atoms with Crippen molar-refractivity contribution in [1.29, 1.82) is 0 Å². The van der Waals surface area contributed by atoms with Gasteiger partial charge in [0.15, 0.2) is 5.76 Å². The zero-order chi connectivity index (χ0) is 8.39. The van der Waals surface area contributed by atoms with Gasteiger partial charge in [0.05, 0.1) is 6.20 Å². The van der Waals surface area contributed by atoms with Gasteiger partial charge in [0.25, 0.3) is 0 Å². The smallest absolute Gasteiger partial charge is 0.167 e. The van der Waals surface area contributed by atoms with E-state index in [2.05, 4.69) is 10.1 Å². The minimum atomic E-state index is 0.476. The minimum absolute atomic E-state index is 0.476. The van der Waals surface area contributed by atoms with Gasteiger partial charge >= 0.3 is 0 Å². The summed E-state index contributed by atoms with van der Waals surface area (Å²) in [7, 11) is 0. The van der Waals surface area contributed by atoms with Gasteiger partial charge in [-0.25, -0.2) is 4.98 Å². The van der Waals surface area contributed by atoms with E-state index in [0.29, 0.717) is 11.6 Å². The van der Waals surface area contributed by atoms with Crippen LogP contribution in [-0.4, -0.2) is 10.1 Å². The van der Waals surface area contributed by atoms with Crippen LogP contribution in [0.15, 0.2) is 35.1 Å². The zero-order valence-corrected chi connectivity index (χ0v) is 6.27. The van der Waals surface area contributed by atoms with E-state index in [0.717, 1.165) is 5.56 Å². The normalized spacial score (nSPS) is 10.0. The van der Waals surface area contributed by atoms with Gasteiger partial charge in [-0.15, -0.1) is 0 Å². The molecule has 0 atom stereocenters. The third-order valence-corrected chi connectivity index (χ3v) is 1.50. The Labute approximate surface area is 69.0 Å². The average Bonchev–Trinajstić information content (AvgIpc) is 2.56.